The SMILES string of the molecule is Cn1cnc2cc(C(=O)N3CCC[C@@H](c4ccc(C(=O)O)cc4)C3)ccc21. The minimum atomic E-state index is -0.924. The van der Waals surface area contributed by atoms with Crippen molar-refractivity contribution in [3.8, 4) is 0 Å². The zero-order valence-electron chi connectivity index (χ0n) is 15.1. The van der Waals surface area contributed by atoms with Crippen LogP contribution in [0.3, 0.4) is 0 Å². The average molecular weight is 363 g/mol. The summed E-state index contributed by atoms with van der Waals surface area (Å²) in [6, 6.07) is 12.6. The molecule has 0 unspecified atom stereocenters. The molecule has 2 heterocycles. The van der Waals surface area contributed by atoms with Crippen LogP contribution in [0.1, 0.15) is 45.0 Å². The second-order valence-electron chi connectivity index (χ2n) is 7.08. The summed E-state index contributed by atoms with van der Waals surface area (Å²) < 4.78 is 1.93. The second-order valence-corrected chi connectivity index (χ2v) is 7.08. The van der Waals surface area contributed by atoms with Gasteiger partial charge in [-0.15, -0.1) is 0 Å². The standard InChI is InChI=1S/C21H21N3O3/c1-23-13-22-18-11-16(8-9-19(18)23)20(25)24-10-2-3-17(12-24)14-4-6-15(7-5-14)21(26)27/h4-9,11,13,17H,2-3,10,12H2,1H3,(H,26,27)/t17-/m1/s1. The lowest BCUT2D eigenvalue weighted by Crippen LogP contribution is -2.39. The highest BCUT2D eigenvalue weighted by Crippen LogP contribution is 2.28. The van der Waals surface area contributed by atoms with Crippen LogP contribution in [0.5, 0.6) is 0 Å². The second kappa shape index (κ2) is 6.87. The van der Waals surface area contributed by atoms with Gasteiger partial charge in [0.25, 0.3) is 5.91 Å². The summed E-state index contributed by atoms with van der Waals surface area (Å²) in [6.07, 6.45) is 3.68. The summed E-state index contributed by atoms with van der Waals surface area (Å²) in [5.74, 6) is -0.676. The van der Waals surface area contributed by atoms with E-state index in [2.05, 4.69) is 4.98 Å². The Morgan fingerprint density at radius 2 is 1.85 bits per heavy atom. The first-order chi connectivity index (χ1) is 13.0. The molecule has 1 N–H and O–H groups in total. The molecule has 0 radical (unpaired) electrons. The van der Waals surface area contributed by atoms with Crippen molar-refractivity contribution in [2.75, 3.05) is 13.1 Å². The predicted molar refractivity (Wildman–Crippen MR) is 102 cm³/mol. The van der Waals surface area contributed by atoms with Gasteiger partial charge in [-0.05, 0) is 48.7 Å². The van der Waals surface area contributed by atoms with E-state index in [1.807, 2.05) is 46.8 Å². The lowest BCUT2D eigenvalue weighted by Gasteiger charge is -2.33. The zero-order chi connectivity index (χ0) is 19.0. The monoisotopic (exact) mass is 363 g/mol. The molecule has 1 amide bonds. The van der Waals surface area contributed by atoms with Crippen molar-refractivity contribution in [3.63, 3.8) is 0 Å². The van der Waals surface area contributed by atoms with Gasteiger partial charge in [-0.25, -0.2) is 9.78 Å². The van der Waals surface area contributed by atoms with Gasteiger partial charge in [0.05, 0.1) is 22.9 Å². The van der Waals surface area contributed by atoms with Gasteiger partial charge in [0.15, 0.2) is 0 Å². The molecule has 0 spiro atoms. The number of carbonyl (C=O) groups excluding carboxylic acids is 1. The number of benzene rings is 2. The molecule has 0 saturated carbocycles. The van der Waals surface area contributed by atoms with Crippen molar-refractivity contribution in [3.05, 3.63) is 65.5 Å². The van der Waals surface area contributed by atoms with Crippen LogP contribution in [-0.4, -0.2) is 44.5 Å². The number of nitrogens with zero attached hydrogens (tertiary/aromatic N) is 3. The predicted octanol–water partition coefficient (Wildman–Crippen LogP) is 3.29. The summed E-state index contributed by atoms with van der Waals surface area (Å²) in [4.78, 5) is 30.2. The molecule has 1 fully saturated rings. The average Bonchev–Trinajstić information content (AvgIpc) is 3.08. The number of aryl methyl sites for hydroxylation is 1. The number of piperidine rings is 1. The quantitative estimate of drug-likeness (QED) is 0.775. The van der Waals surface area contributed by atoms with Crippen molar-refractivity contribution >= 4 is 22.9 Å². The highest BCUT2D eigenvalue weighted by molar-refractivity contribution is 5.97. The molecule has 1 saturated heterocycles. The van der Waals surface area contributed by atoms with Crippen LogP contribution < -0.4 is 0 Å². The van der Waals surface area contributed by atoms with Gasteiger partial charge in [-0.1, -0.05) is 12.1 Å². The maximum absolute atomic E-state index is 13.0. The van der Waals surface area contributed by atoms with Gasteiger partial charge in [-0.3, -0.25) is 4.79 Å². The third-order valence-corrected chi connectivity index (χ3v) is 5.31. The molecule has 2 aromatic carbocycles. The van der Waals surface area contributed by atoms with Crippen molar-refractivity contribution in [1.29, 1.82) is 0 Å². The van der Waals surface area contributed by atoms with Crippen molar-refractivity contribution in [2.24, 2.45) is 7.05 Å². The minimum absolute atomic E-state index is 0.0226. The fraction of sp³-hybridized carbons (Fsp3) is 0.286. The number of likely N-dealkylation sites (tertiary alicyclic amines) is 1. The topological polar surface area (TPSA) is 75.4 Å². The third-order valence-electron chi connectivity index (χ3n) is 5.31. The summed E-state index contributed by atoms with van der Waals surface area (Å²) in [5.41, 5.74) is 3.84. The Bertz CT molecular complexity index is 1010. The number of hydrogen-bond acceptors (Lipinski definition) is 3. The molecule has 138 valence electrons. The highest BCUT2D eigenvalue weighted by Gasteiger charge is 2.26. The van der Waals surface area contributed by atoms with Crippen LogP contribution in [0.2, 0.25) is 0 Å². The van der Waals surface area contributed by atoms with Crippen LogP contribution in [0.15, 0.2) is 48.8 Å². The van der Waals surface area contributed by atoms with E-state index in [1.54, 1.807) is 18.5 Å². The zero-order valence-corrected chi connectivity index (χ0v) is 15.1. The Hall–Kier alpha value is -3.15. The Morgan fingerprint density at radius 1 is 1.11 bits per heavy atom. The lowest BCUT2D eigenvalue weighted by molar-refractivity contribution is 0.0693. The smallest absolute Gasteiger partial charge is 0.335 e. The molecule has 0 bridgehead atoms. The molecule has 27 heavy (non-hydrogen) atoms. The van der Waals surface area contributed by atoms with E-state index in [9.17, 15) is 9.59 Å². The van der Waals surface area contributed by atoms with Gasteiger partial charge in [0, 0.05) is 31.6 Å². The number of amides is 1. The van der Waals surface area contributed by atoms with E-state index in [1.165, 1.54) is 0 Å². The molecule has 1 aliphatic rings. The number of imidazole rings is 1. The van der Waals surface area contributed by atoms with Crippen LogP contribution >= 0.6 is 0 Å². The molecule has 6 nitrogen and oxygen atoms in total. The van der Waals surface area contributed by atoms with Crippen LogP contribution in [0, 0.1) is 0 Å². The molecule has 3 aromatic rings. The van der Waals surface area contributed by atoms with Crippen LogP contribution in [-0.2, 0) is 7.05 Å². The summed E-state index contributed by atoms with van der Waals surface area (Å²) >= 11 is 0. The van der Waals surface area contributed by atoms with E-state index >= 15 is 0 Å². The number of carbonyl (C=O) groups is 2. The first-order valence-corrected chi connectivity index (χ1v) is 9.06. The van der Waals surface area contributed by atoms with Crippen LogP contribution in [0.25, 0.3) is 11.0 Å². The number of carboxylic acid groups (broad SMARTS) is 1. The first-order valence-electron chi connectivity index (χ1n) is 9.06. The molecular weight excluding hydrogens is 342 g/mol. The summed E-state index contributed by atoms with van der Waals surface area (Å²) in [7, 11) is 1.93. The lowest BCUT2D eigenvalue weighted by atomic mass is 9.90. The Kier molecular flexibility index (Phi) is 4.39. The normalized spacial score (nSPS) is 17.2. The van der Waals surface area contributed by atoms with Gasteiger partial charge in [0.2, 0.25) is 0 Å². The molecule has 1 atom stereocenters. The number of carboxylic acids is 1. The van der Waals surface area contributed by atoms with Crippen molar-refractivity contribution < 1.29 is 14.7 Å². The molecule has 6 heteroatoms. The van der Waals surface area contributed by atoms with Crippen molar-refractivity contribution in [1.82, 2.24) is 14.5 Å². The maximum atomic E-state index is 13.0. The molecule has 1 aliphatic heterocycles. The third kappa shape index (κ3) is 3.30. The summed E-state index contributed by atoms with van der Waals surface area (Å²) in [5, 5.41) is 9.04. The Labute approximate surface area is 157 Å². The Balaban J connectivity index is 1.52. The van der Waals surface area contributed by atoms with E-state index in [0.717, 1.165) is 36.0 Å². The maximum Gasteiger partial charge on any atom is 0.335 e. The van der Waals surface area contributed by atoms with Gasteiger partial charge in [0.1, 0.15) is 0 Å². The number of hydrogen-bond donors (Lipinski definition) is 1. The number of aromatic carboxylic acids is 1. The molecule has 4 rings (SSSR count). The molecule has 0 aliphatic carbocycles. The largest absolute Gasteiger partial charge is 0.478 e. The summed E-state index contributed by atoms with van der Waals surface area (Å²) in [6.45, 7) is 1.38. The van der Waals surface area contributed by atoms with E-state index in [-0.39, 0.29) is 17.4 Å². The van der Waals surface area contributed by atoms with Gasteiger partial charge >= 0.3 is 5.97 Å². The van der Waals surface area contributed by atoms with Gasteiger partial charge < -0.3 is 14.6 Å². The number of fused-ring (bicyclic) bond motifs is 1. The Morgan fingerprint density at radius 3 is 2.59 bits per heavy atom. The number of rotatable bonds is 3. The van der Waals surface area contributed by atoms with E-state index < -0.39 is 5.97 Å². The molecule has 1 aromatic heterocycles. The van der Waals surface area contributed by atoms with E-state index in [4.69, 9.17) is 5.11 Å². The fourth-order valence-electron chi connectivity index (χ4n) is 3.78. The van der Waals surface area contributed by atoms with Crippen LogP contribution in [0.4, 0.5) is 0 Å². The molecular formula is C21H21N3O3. The fourth-order valence-corrected chi connectivity index (χ4v) is 3.78. The van der Waals surface area contributed by atoms with Crippen molar-refractivity contribution in [2.45, 2.75) is 18.8 Å². The highest BCUT2D eigenvalue weighted by atomic mass is 16.4. The van der Waals surface area contributed by atoms with Gasteiger partial charge in [-0.2, -0.15) is 0 Å². The number of aromatic nitrogens is 2. The van der Waals surface area contributed by atoms with E-state index in [0.29, 0.717) is 12.1 Å². The minimum Gasteiger partial charge on any atom is -0.478 e. The first kappa shape index (κ1) is 17.3.